The number of carbonyl (C=O) groups is 3. The van der Waals surface area contributed by atoms with E-state index in [0.717, 1.165) is 30.4 Å². The van der Waals surface area contributed by atoms with Crippen molar-refractivity contribution in [2.45, 2.75) is 25.2 Å². The Morgan fingerprint density at radius 2 is 1.57 bits per heavy atom. The molecule has 1 heterocycles. The number of benzene rings is 2. The molecule has 4 aliphatic rings. The van der Waals surface area contributed by atoms with Crippen LogP contribution in [0.1, 0.15) is 36.3 Å². The Hall–Kier alpha value is -3.35. The molecular formula is C28H30N2O5. The number of likely N-dealkylation sites (tertiary alicyclic amines) is 1. The number of carboxylic acids is 1. The van der Waals surface area contributed by atoms with Crippen LogP contribution in [-0.2, 0) is 14.3 Å². The summed E-state index contributed by atoms with van der Waals surface area (Å²) in [5, 5.41) is 12.1. The fourth-order valence-corrected chi connectivity index (χ4v) is 6.21. The summed E-state index contributed by atoms with van der Waals surface area (Å²) in [6, 6.07) is 16.4. The van der Waals surface area contributed by atoms with Crippen LogP contribution in [0.15, 0.2) is 48.5 Å². The van der Waals surface area contributed by atoms with Gasteiger partial charge in [0, 0.05) is 25.6 Å². The monoisotopic (exact) mass is 474 g/mol. The molecule has 6 rings (SSSR count). The molecule has 182 valence electrons. The quantitative estimate of drug-likeness (QED) is 0.608. The van der Waals surface area contributed by atoms with Crippen molar-refractivity contribution >= 4 is 18.0 Å². The van der Waals surface area contributed by atoms with Gasteiger partial charge < -0.3 is 20.1 Å². The molecule has 1 saturated heterocycles. The van der Waals surface area contributed by atoms with E-state index in [0.29, 0.717) is 19.0 Å². The number of hydrogen-bond donors (Lipinski definition) is 2. The largest absolute Gasteiger partial charge is 0.481 e. The maximum atomic E-state index is 13.2. The molecule has 3 unspecified atom stereocenters. The van der Waals surface area contributed by atoms with Gasteiger partial charge in [0.2, 0.25) is 5.91 Å². The van der Waals surface area contributed by atoms with Crippen molar-refractivity contribution in [2.75, 3.05) is 26.2 Å². The van der Waals surface area contributed by atoms with Crippen molar-refractivity contribution in [3.05, 3.63) is 59.7 Å². The molecule has 0 bridgehead atoms. The molecule has 0 spiro atoms. The number of aliphatic carboxylic acids is 1. The van der Waals surface area contributed by atoms with E-state index in [1.807, 2.05) is 24.3 Å². The Morgan fingerprint density at radius 1 is 0.971 bits per heavy atom. The number of rotatable bonds is 8. The molecule has 0 aromatic heterocycles. The molecule has 2 N–H and O–H groups in total. The minimum absolute atomic E-state index is 0.00412. The summed E-state index contributed by atoms with van der Waals surface area (Å²) in [4.78, 5) is 38.9. The molecule has 2 saturated carbocycles. The van der Waals surface area contributed by atoms with Gasteiger partial charge in [0.25, 0.3) is 0 Å². The molecular weight excluding hydrogens is 444 g/mol. The van der Waals surface area contributed by atoms with E-state index in [4.69, 9.17) is 4.74 Å². The SMILES string of the molecule is O=C(NCC(CC1CC1)C(=O)N1CC2C(C1)C2C(=O)O)OCC1c2ccccc2-c2ccccc21. The number of nitrogens with one attached hydrogen (secondary N) is 1. The number of carbonyl (C=O) groups excluding carboxylic acids is 2. The molecule has 2 aromatic rings. The third-order valence-electron chi connectivity index (χ3n) is 8.29. The van der Waals surface area contributed by atoms with Gasteiger partial charge in [0.15, 0.2) is 0 Å². The van der Waals surface area contributed by atoms with Crippen LogP contribution in [0.4, 0.5) is 4.79 Å². The van der Waals surface area contributed by atoms with Gasteiger partial charge >= 0.3 is 12.1 Å². The third kappa shape index (κ3) is 4.17. The number of alkyl carbamates (subject to hydrolysis) is 1. The topological polar surface area (TPSA) is 95.9 Å². The van der Waals surface area contributed by atoms with Gasteiger partial charge in [-0.05, 0) is 46.4 Å². The van der Waals surface area contributed by atoms with Crippen molar-refractivity contribution < 1.29 is 24.2 Å². The first-order valence-electron chi connectivity index (χ1n) is 12.6. The summed E-state index contributed by atoms with van der Waals surface area (Å²) in [6.07, 6.45) is 2.51. The second kappa shape index (κ2) is 8.70. The van der Waals surface area contributed by atoms with Crippen LogP contribution in [0.25, 0.3) is 11.1 Å². The van der Waals surface area contributed by atoms with Gasteiger partial charge in [-0.3, -0.25) is 9.59 Å². The molecule has 3 aliphatic carbocycles. The van der Waals surface area contributed by atoms with Crippen LogP contribution in [-0.4, -0.2) is 54.2 Å². The summed E-state index contributed by atoms with van der Waals surface area (Å²) < 4.78 is 5.64. The van der Waals surface area contributed by atoms with E-state index in [9.17, 15) is 19.5 Å². The molecule has 7 nitrogen and oxygen atoms in total. The third-order valence-corrected chi connectivity index (χ3v) is 8.29. The average Bonchev–Trinajstić information content (AvgIpc) is 3.75. The number of piperidine rings is 1. The van der Waals surface area contributed by atoms with E-state index in [1.165, 1.54) is 11.1 Å². The minimum atomic E-state index is -0.751. The van der Waals surface area contributed by atoms with Crippen LogP contribution in [0.3, 0.4) is 0 Å². The van der Waals surface area contributed by atoms with Crippen LogP contribution in [0, 0.1) is 29.6 Å². The van der Waals surface area contributed by atoms with Gasteiger partial charge in [-0.2, -0.15) is 0 Å². The molecule has 35 heavy (non-hydrogen) atoms. The molecule has 3 fully saturated rings. The first-order chi connectivity index (χ1) is 17.0. The van der Waals surface area contributed by atoms with E-state index < -0.39 is 12.1 Å². The Bertz CT molecular complexity index is 1120. The zero-order valence-electron chi connectivity index (χ0n) is 19.6. The van der Waals surface area contributed by atoms with Gasteiger partial charge in [-0.15, -0.1) is 0 Å². The lowest BCUT2D eigenvalue weighted by atomic mass is 9.98. The van der Waals surface area contributed by atoms with Crippen LogP contribution < -0.4 is 5.32 Å². The van der Waals surface area contributed by atoms with Crippen molar-refractivity contribution in [1.82, 2.24) is 10.2 Å². The fraction of sp³-hybridized carbons (Fsp3) is 0.464. The Balaban J connectivity index is 1.05. The highest BCUT2D eigenvalue weighted by Crippen LogP contribution is 2.52. The standard InChI is InChI=1S/C28H30N2O5/c31-26(30-13-22-23(14-30)25(22)27(32)33)17(11-16-9-10-16)12-29-28(34)35-15-24-20-7-3-1-5-18(20)19-6-2-4-8-21(19)24/h1-8,16-17,22-25H,9-15H2,(H,29,34)(H,32,33). The first-order valence-corrected chi connectivity index (χ1v) is 12.6. The lowest BCUT2D eigenvalue weighted by molar-refractivity contribution is -0.141. The predicted octanol–water partition coefficient (Wildman–Crippen LogP) is 3.73. The summed E-state index contributed by atoms with van der Waals surface area (Å²) in [5.74, 6) is -0.580. The highest BCUT2D eigenvalue weighted by molar-refractivity contribution is 5.82. The van der Waals surface area contributed by atoms with Gasteiger partial charge in [0.05, 0.1) is 11.8 Å². The summed E-state index contributed by atoms with van der Waals surface area (Å²) in [7, 11) is 0. The normalized spacial score (nSPS) is 24.8. The maximum absolute atomic E-state index is 13.2. The predicted molar refractivity (Wildman–Crippen MR) is 129 cm³/mol. The molecule has 3 atom stereocenters. The highest BCUT2D eigenvalue weighted by atomic mass is 16.5. The smallest absolute Gasteiger partial charge is 0.407 e. The number of carboxylic acid groups (broad SMARTS) is 1. The van der Waals surface area contributed by atoms with Crippen molar-refractivity contribution in [3.63, 3.8) is 0 Å². The fourth-order valence-electron chi connectivity index (χ4n) is 6.21. The minimum Gasteiger partial charge on any atom is -0.481 e. The first kappa shape index (κ1) is 22.1. The highest BCUT2D eigenvalue weighted by Gasteiger charge is 2.60. The number of fused-ring (bicyclic) bond motifs is 4. The number of amides is 2. The van der Waals surface area contributed by atoms with Crippen LogP contribution in [0.2, 0.25) is 0 Å². The van der Waals surface area contributed by atoms with E-state index in [2.05, 4.69) is 29.6 Å². The average molecular weight is 475 g/mol. The van der Waals surface area contributed by atoms with Gasteiger partial charge in [-0.25, -0.2) is 4.79 Å². The molecule has 7 heteroatoms. The van der Waals surface area contributed by atoms with Gasteiger partial charge in [-0.1, -0.05) is 61.4 Å². The summed E-state index contributed by atoms with van der Waals surface area (Å²) >= 11 is 0. The Morgan fingerprint density at radius 3 is 2.14 bits per heavy atom. The van der Waals surface area contributed by atoms with E-state index in [1.54, 1.807) is 4.90 Å². The van der Waals surface area contributed by atoms with Crippen LogP contribution in [0.5, 0.6) is 0 Å². The second-order valence-corrected chi connectivity index (χ2v) is 10.5. The number of ether oxygens (including phenoxy) is 1. The Kier molecular flexibility index (Phi) is 5.50. The zero-order chi connectivity index (χ0) is 24.1. The summed E-state index contributed by atoms with van der Waals surface area (Å²) in [6.45, 7) is 1.53. The van der Waals surface area contributed by atoms with Crippen LogP contribution >= 0.6 is 0 Å². The number of hydrogen-bond acceptors (Lipinski definition) is 4. The van der Waals surface area contributed by atoms with E-state index in [-0.39, 0.29) is 48.6 Å². The second-order valence-electron chi connectivity index (χ2n) is 10.5. The zero-order valence-corrected chi connectivity index (χ0v) is 19.6. The van der Waals surface area contributed by atoms with Crippen molar-refractivity contribution in [2.24, 2.45) is 29.6 Å². The van der Waals surface area contributed by atoms with E-state index >= 15 is 0 Å². The number of nitrogens with zero attached hydrogens (tertiary/aromatic N) is 1. The molecule has 2 aromatic carbocycles. The maximum Gasteiger partial charge on any atom is 0.407 e. The van der Waals surface area contributed by atoms with Crippen molar-refractivity contribution in [3.8, 4) is 11.1 Å². The lowest BCUT2D eigenvalue weighted by Crippen LogP contribution is -2.42. The van der Waals surface area contributed by atoms with Crippen molar-refractivity contribution in [1.29, 1.82) is 0 Å². The lowest BCUT2D eigenvalue weighted by Gasteiger charge is -2.25. The molecule has 1 aliphatic heterocycles. The molecule has 2 amide bonds. The Labute approximate surface area is 204 Å². The molecule has 0 radical (unpaired) electrons. The summed E-state index contributed by atoms with van der Waals surface area (Å²) in [5.41, 5.74) is 4.69. The van der Waals surface area contributed by atoms with Gasteiger partial charge in [0.1, 0.15) is 6.61 Å².